The highest BCUT2D eigenvalue weighted by Crippen LogP contribution is 2.21. The summed E-state index contributed by atoms with van der Waals surface area (Å²) in [4.78, 5) is 0. The summed E-state index contributed by atoms with van der Waals surface area (Å²) < 4.78 is 39.1. The molecule has 2 rings (SSSR count). The smallest absolute Gasteiger partial charge is 0.282 e. The van der Waals surface area contributed by atoms with Crippen molar-refractivity contribution in [1.82, 2.24) is 8.61 Å². The second-order valence-corrected chi connectivity index (χ2v) is 7.57. The van der Waals surface area contributed by atoms with Crippen LogP contribution in [0.1, 0.15) is 24.8 Å². The van der Waals surface area contributed by atoms with E-state index in [1.165, 1.54) is 0 Å². The first-order valence-electron chi connectivity index (χ1n) is 7.95. The van der Waals surface area contributed by atoms with Crippen molar-refractivity contribution in [3.63, 3.8) is 0 Å². The monoisotopic (exact) mass is 342 g/mol. The second kappa shape index (κ2) is 8.63. The van der Waals surface area contributed by atoms with Crippen molar-refractivity contribution in [3.05, 3.63) is 29.8 Å². The summed E-state index contributed by atoms with van der Waals surface area (Å²) >= 11 is 0. The van der Waals surface area contributed by atoms with Gasteiger partial charge in [-0.05, 0) is 37.0 Å². The molecule has 0 unspecified atom stereocenters. The molecule has 7 heteroatoms. The summed E-state index contributed by atoms with van der Waals surface area (Å²) in [6.07, 6.45) is 2.54. The van der Waals surface area contributed by atoms with Crippen LogP contribution in [0.4, 0.5) is 0 Å². The van der Waals surface area contributed by atoms with Crippen LogP contribution in [-0.2, 0) is 21.5 Å². The van der Waals surface area contributed by atoms with Gasteiger partial charge in [-0.25, -0.2) is 0 Å². The molecule has 0 spiro atoms. The molecular weight excluding hydrogens is 316 g/mol. The molecule has 130 valence electrons. The van der Waals surface area contributed by atoms with E-state index in [9.17, 15) is 8.42 Å². The Bertz CT molecular complexity index is 585. The first-order chi connectivity index (χ1) is 11.1. The van der Waals surface area contributed by atoms with Gasteiger partial charge in [0.1, 0.15) is 5.75 Å². The van der Waals surface area contributed by atoms with Gasteiger partial charge in [-0.15, -0.1) is 0 Å². The lowest BCUT2D eigenvalue weighted by Crippen LogP contribution is -2.42. The average molecular weight is 342 g/mol. The molecule has 0 atom stereocenters. The van der Waals surface area contributed by atoms with E-state index in [-0.39, 0.29) is 0 Å². The molecule has 0 aliphatic carbocycles. The van der Waals surface area contributed by atoms with Crippen LogP contribution < -0.4 is 4.74 Å². The van der Waals surface area contributed by atoms with E-state index in [2.05, 4.69) is 0 Å². The highest BCUT2D eigenvalue weighted by atomic mass is 32.2. The maximum Gasteiger partial charge on any atom is 0.282 e. The lowest BCUT2D eigenvalue weighted by atomic mass is 10.2. The Balaban J connectivity index is 2.15. The minimum Gasteiger partial charge on any atom is -0.497 e. The van der Waals surface area contributed by atoms with E-state index >= 15 is 0 Å². The van der Waals surface area contributed by atoms with Crippen LogP contribution in [-0.4, -0.2) is 57.5 Å². The van der Waals surface area contributed by atoms with Gasteiger partial charge in [-0.2, -0.15) is 17.0 Å². The largest absolute Gasteiger partial charge is 0.497 e. The molecule has 1 aliphatic rings. The van der Waals surface area contributed by atoms with Gasteiger partial charge >= 0.3 is 0 Å². The van der Waals surface area contributed by atoms with Crippen molar-refractivity contribution in [2.24, 2.45) is 0 Å². The van der Waals surface area contributed by atoms with Crippen molar-refractivity contribution in [2.45, 2.75) is 25.8 Å². The molecule has 0 saturated carbocycles. The number of rotatable bonds is 9. The summed E-state index contributed by atoms with van der Waals surface area (Å²) in [5.74, 6) is 0.734. The summed E-state index contributed by atoms with van der Waals surface area (Å²) in [5.41, 5.74) is 0.921. The fourth-order valence-electron chi connectivity index (χ4n) is 2.72. The standard InChI is InChI=1S/C16H26N2O4S/c1-21-12-6-11-18(23(19,20)17-9-3-4-10-17)14-15-7-5-8-16(13-15)22-2/h5,7-8,13H,3-4,6,9-12,14H2,1-2H3. The molecule has 1 saturated heterocycles. The van der Waals surface area contributed by atoms with E-state index in [4.69, 9.17) is 9.47 Å². The normalized spacial score (nSPS) is 16.1. The highest BCUT2D eigenvalue weighted by molar-refractivity contribution is 7.86. The van der Waals surface area contributed by atoms with Crippen LogP contribution in [0.15, 0.2) is 24.3 Å². The Kier molecular flexibility index (Phi) is 6.83. The number of hydrogen-bond acceptors (Lipinski definition) is 4. The summed E-state index contributed by atoms with van der Waals surface area (Å²) in [6.45, 7) is 2.57. The van der Waals surface area contributed by atoms with Crippen molar-refractivity contribution in [2.75, 3.05) is 40.5 Å². The van der Waals surface area contributed by atoms with Gasteiger partial charge in [0.15, 0.2) is 0 Å². The molecule has 6 nitrogen and oxygen atoms in total. The zero-order chi connectivity index (χ0) is 16.7. The van der Waals surface area contributed by atoms with E-state index in [0.29, 0.717) is 39.2 Å². The fourth-order valence-corrected chi connectivity index (χ4v) is 4.44. The van der Waals surface area contributed by atoms with E-state index in [0.717, 1.165) is 24.2 Å². The van der Waals surface area contributed by atoms with Crippen molar-refractivity contribution >= 4 is 10.2 Å². The molecule has 23 heavy (non-hydrogen) atoms. The van der Waals surface area contributed by atoms with Gasteiger partial charge in [0.2, 0.25) is 0 Å². The lowest BCUT2D eigenvalue weighted by Gasteiger charge is -2.27. The first-order valence-corrected chi connectivity index (χ1v) is 9.34. The van der Waals surface area contributed by atoms with Crippen LogP contribution in [0, 0.1) is 0 Å². The number of hydrogen-bond donors (Lipinski definition) is 0. The minimum atomic E-state index is -3.43. The maximum atomic E-state index is 12.9. The van der Waals surface area contributed by atoms with Crippen molar-refractivity contribution in [3.8, 4) is 5.75 Å². The zero-order valence-corrected chi connectivity index (χ0v) is 14.7. The molecule has 1 fully saturated rings. The topological polar surface area (TPSA) is 59.1 Å². The van der Waals surface area contributed by atoms with Gasteiger partial charge in [0.25, 0.3) is 10.2 Å². The molecular formula is C16H26N2O4S. The Morgan fingerprint density at radius 2 is 1.96 bits per heavy atom. The van der Waals surface area contributed by atoms with Crippen LogP contribution in [0.5, 0.6) is 5.75 Å². The predicted octanol–water partition coefficient (Wildman–Crippen LogP) is 1.87. The van der Waals surface area contributed by atoms with E-state index in [1.807, 2.05) is 24.3 Å². The number of methoxy groups -OCH3 is 2. The Labute approximate surface area is 139 Å². The Morgan fingerprint density at radius 3 is 2.61 bits per heavy atom. The molecule has 0 radical (unpaired) electrons. The van der Waals surface area contributed by atoms with Gasteiger partial charge in [0.05, 0.1) is 7.11 Å². The van der Waals surface area contributed by atoms with Crippen LogP contribution in [0.25, 0.3) is 0 Å². The first kappa shape index (κ1) is 18.2. The predicted molar refractivity (Wildman–Crippen MR) is 89.6 cm³/mol. The van der Waals surface area contributed by atoms with Gasteiger partial charge in [0, 0.05) is 39.9 Å². The molecule has 1 aromatic carbocycles. The molecule has 1 aliphatic heterocycles. The van der Waals surface area contributed by atoms with Crippen LogP contribution >= 0.6 is 0 Å². The van der Waals surface area contributed by atoms with Gasteiger partial charge in [-0.3, -0.25) is 0 Å². The third kappa shape index (κ3) is 4.91. The summed E-state index contributed by atoms with van der Waals surface area (Å²) in [5, 5.41) is 0. The van der Waals surface area contributed by atoms with Crippen molar-refractivity contribution in [1.29, 1.82) is 0 Å². The minimum absolute atomic E-state index is 0.347. The Morgan fingerprint density at radius 1 is 1.22 bits per heavy atom. The molecule has 0 amide bonds. The third-order valence-electron chi connectivity index (χ3n) is 3.97. The second-order valence-electron chi connectivity index (χ2n) is 5.65. The van der Waals surface area contributed by atoms with Crippen LogP contribution in [0.3, 0.4) is 0 Å². The number of ether oxygens (including phenoxy) is 2. The van der Waals surface area contributed by atoms with E-state index < -0.39 is 10.2 Å². The molecule has 1 heterocycles. The third-order valence-corrected chi connectivity index (χ3v) is 5.95. The summed E-state index contributed by atoms with van der Waals surface area (Å²) in [7, 11) is -0.195. The average Bonchev–Trinajstić information content (AvgIpc) is 3.09. The highest BCUT2D eigenvalue weighted by Gasteiger charge is 2.31. The van der Waals surface area contributed by atoms with Gasteiger partial charge in [-0.1, -0.05) is 12.1 Å². The van der Waals surface area contributed by atoms with Gasteiger partial charge < -0.3 is 9.47 Å². The SMILES string of the molecule is COCCCN(Cc1cccc(OC)c1)S(=O)(=O)N1CCCC1. The molecule has 0 aromatic heterocycles. The summed E-state index contributed by atoms with van der Waals surface area (Å²) in [6, 6.07) is 7.53. The quantitative estimate of drug-likeness (QED) is 0.643. The van der Waals surface area contributed by atoms with E-state index in [1.54, 1.807) is 22.8 Å². The zero-order valence-electron chi connectivity index (χ0n) is 13.9. The molecule has 1 aromatic rings. The number of nitrogens with zero attached hydrogens (tertiary/aromatic N) is 2. The van der Waals surface area contributed by atoms with Crippen molar-refractivity contribution < 1.29 is 17.9 Å². The number of benzene rings is 1. The fraction of sp³-hybridized carbons (Fsp3) is 0.625. The van der Waals surface area contributed by atoms with Crippen LogP contribution in [0.2, 0.25) is 0 Å². The molecule has 0 N–H and O–H groups in total. The Hall–Kier alpha value is -1.15. The molecule has 0 bridgehead atoms. The lowest BCUT2D eigenvalue weighted by molar-refractivity contribution is 0.185. The maximum absolute atomic E-state index is 12.9.